The van der Waals surface area contributed by atoms with Gasteiger partial charge in [0.2, 0.25) is 5.91 Å². The van der Waals surface area contributed by atoms with Crippen LogP contribution in [0.15, 0.2) is 23.3 Å². The second-order valence-corrected chi connectivity index (χ2v) is 6.95. The van der Waals surface area contributed by atoms with Crippen LogP contribution in [0.25, 0.3) is 0 Å². The Labute approximate surface area is 173 Å². The highest BCUT2D eigenvalue weighted by Gasteiger charge is 2.15. The van der Waals surface area contributed by atoms with Gasteiger partial charge in [0.15, 0.2) is 0 Å². The van der Waals surface area contributed by atoms with E-state index in [9.17, 15) is 19.7 Å². The van der Waals surface area contributed by atoms with Crippen molar-refractivity contribution in [1.82, 2.24) is 15.6 Å². The van der Waals surface area contributed by atoms with Crippen molar-refractivity contribution in [2.45, 2.75) is 19.8 Å². The minimum Gasteiger partial charge on any atom is -0.379 e. The third kappa shape index (κ3) is 7.76. The van der Waals surface area contributed by atoms with Crippen LogP contribution in [0, 0.1) is 10.1 Å². The summed E-state index contributed by atoms with van der Waals surface area (Å²) in [5.74, 6) is -0.757. The normalized spacial score (nSPS) is 15.0. The average molecular weight is 426 g/mol. The van der Waals surface area contributed by atoms with Crippen LogP contribution >= 0.6 is 11.6 Å². The Morgan fingerprint density at radius 1 is 1.34 bits per heavy atom. The highest BCUT2D eigenvalue weighted by Crippen LogP contribution is 2.24. The van der Waals surface area contributed by atoms with E-state index in [1.54, 1.807) is 6.92 Å². The van der Waals surface area contributed by atoms with Crippen LogP contribution in [0.5, 0.6) is 0 Å². The van der Waals surface area contributed by atoms with Crippen LogP contribution < -0.4 is 10.7 Å². The molecule has 0 aromatic heterocycles. The lowest BCUT2D eigenvalue weighted by molar-refractivity contribution is -0.384. The van der Waals surface area contributed by atoms with E-state index in [1.165, 1.54) is 12.1 Å². The van der Waals surface area contributed by atoms with Gasteiger partial charge in [-0.2, -0.15) is 5.10 Å². The van der Waals surface area contributed by atoms with Gasteiger partial charge in [-0.25, -0.2) is 5.43 Å². The zero-order valence-corrected chi connectivity index (χ0v) is 16.9. The number of nitro benzene ring substituents is 1. The molecular weight excluding hydrogens is 402 g/mol. The number of nitro groups is 1. The maximum Gasteiger partial charge on any atom is 0.287 e. The van der Waals surface area contributed by atoms with Gasteiger partial charge >= 0.3 is 0 Å². The quantitative estimate of drug-likeness (QED) is 0.268. The van der Waals surface area contributed by atoms with Gasteiger partial charge in [-0.1, -0.05) is 11.6 Å². The van der Waals surface area contributed by atoms with Crippen LogP contribution in [0.2, 0.25) is 5.02 Å². The molecule has 0 aliphatic carbocycles. The number of hydrogen-bond acceptors (Lipinski definition) is 7. The van der Waals surface area contributed by atoms with Gasteiger partial charge in [0.1, 0.15) is 5.02 Å². The number of carbonyl (C=O) groups is 2. The number of halogens is 1. The summed E-state index contributed by atoms with van der Waals surface area (Å²) in [5, 5.41) is 17.3. The van der Waals surface area contributed by atoms with Gasteiger partial charge in [0.25, 0.3) is 11.6 Å². The number of nitrogens with one attached hydrogen (secondary N) is 2. The van der Waals surface area contributed by atoms with E-state index in [2.05, 4.69) is 20.7 Å². The number of carbonyl (C=O) groups excluding carboxylic acids is 2. The summed E-state index contributed by atoms with van der Waals surface area (Å²) in [6.45, 7) is 6.43. The zero-order valence-electron chi connectivity index (χ0n) is 16.1. The Morgan fingerprint density at radius 3 is 2.72 bits per heavy atom. The topological polar surface area (TPSA) is 126 Å². The lowest BCUT2D eigenvalue weighted by Gasteiger charge is -2.26. The molecule has 0 unspecified atom stereocenters. The molecule has 1 aliphatic heterocycles. The molecule has 1 aromatic carbocycles. The predicted octanol–water partition coefficient (Wildman–Crippen LogP) is 1.58. The molecule has 29 heavy (non-hydrogen) atoms. The van der Waals surface area contributed by atoms with E-state index in [0.29, 0.717) is 12.3 Å². The van der Waals surface area contributed by atoms with Gasteiger partial charge in [0, 0.05) is 37.0 Å². The second-order valence-electron chi connectivity index (χ2n) is 6.55. The Balaban J connectivity index is 1.71. The fourth-order valence-electron chi connectivity index (χ4n) is 2.70. The van der Waals surface area contributed by atoms with Gasteiger partial charge in [0.05, 0.1) is 24.6 Å². The fraction of sp³-hybridized carbons (Fsp3) is 0.500. The summed E-state index contributed by atoms with van der Waals surface area (Å²) < 4.78 is 5.29. The van der Waals surface area contributed by atoms with E-state index in [1.807, 2.05) is 0 Å². The van der Waals surface area contributed by atoms with E-state index >= 15 is 0 Å². The summed E-state index contributed by atoms with van der Waals surface area (Å²) >= 11 is 5.79. The molecule has 0 saturated carbocycles. The van der Waals surface area contributed by atoms with E-state index in [-0.39, 0.29) is 28.6 Å². The molecule has 0 atom stereocenters. The maximum absolute atomic E-state index is 12.1. The number of morpholine rings is 1. The first kappa shape index (κ1) is 22.7. The van der Waals surface area contributed by atoms with Crippen molar-refractivity contribution in [2.24, 2.45) is 5.10 Å². The standard InChI is InChI=1S/C18H24ClN5O5/c1-13(11-17(25)20-5-2-6-23-7-9-29-10-8-23)21-22-18(26)14-3-4-16(24(27)28)15(19)12-14/h3-4,12H,2,5-11H2,1H3,(H,20,25)(H,22,26)/b21-13+. The number of hydrazone groups is 1. The molecular formula is C18H24ClN5O5. The van der Waals surface area contributed by atoms with E-state index < -0.39 is 10.8 Å². The molecule has 1 fully saturated rings. The molecule has 158 valence electrons. The first-order valence-corrected chi connectivity index (χ1v) is 9.59. The van der Waals surface area contributed by atoms with Crippen molar-refractivity contribution < 1.29 is 19.2 Å². The van der Waals surface area contributed by atoms with Gasteiger partial charge in [-0.05, 0) is 32.0 Å². The van der Waals surface area contributed by atoms with Crippen molar-refractivity contribution in [3.05, 3.63) is 38.9 Å². The third-order valence-electron chi connectivity index (χ3n) is 4.25. The largest absolute Gasteiger partial charge is 0.379 e. The van der Waals surface area contributed by atoms with E-state index in [4.69, 9.17) is 16.3 Å². The molecule has 10 nitrogen and oxygen atoms in total. The predicted molar refractivity (Wildman–Crippen MR) is 108 cm³/mol. The van der Waals surface area contributed by atoms with Crippen molar-refractivity contribution in [1.29, 1.82) is 0 Å². The number of rotatable bonds is 9. The van der Waals surface area contributed by atoms with Gasteiger partial charge in [-0.3, -0.25) is 24.6 Å². The first-order valence-electron chi connectivity index (χ1n) is 9.21. The van der Waals surface area contributed by atoms with Gasteiger partial charge in [-0.15, -0.1) is 0 Å². The number of benzene rings is 1. The molecule has 0 spiro atoms. The molecule has 1 saturated heterocycles. The third-order valence-corrected chi connectivity index (χ3v) is 4.55. The minimum absolute atomic E-state index is 0.0544. The molecule has 11 heteroatoms. The number of amides is 2. The average Bonchev–Trinajstić information content (AvgIpc) is 2.69. The van der Waals surface area contributed by atoms with Crippen molar-refractivity contribution in [3.63, 3.8) is 0 Å². The number of ether oxygens (including phenoxy) is 1. The lowest BCUT2D eigenvalue weighted by atomic mass is 10.2. The van der Waals surface area contributed by atoms with Crippen LogP contribution in [0.1, 0.15) is 30.1 Å². The Kier molecular flexibility index (Phi) is 8.97. The van der Waals surface area contributed by atoms with Crippen LogP contribution in [-0.4, -0.2) is 66.7 Å². The Hall–Kier alpha value is -2.56. The smallest absolute Gasteiger partial charge is 0.287 e. The summed E-state index contributed by atoms with van der Waals surface area (Å²) in [6.07, 6.45) is 0.901. The molecule has 2 rings (SSSR count). The molecule has 1 heterocycles. The fourth-order valence-corrected chi connectivity index (χ4v) is 2.95. The van der Waals surface area contributed by atoms with Crippen molar-refractivity contribution in [2.75, 3.05) is 39.4 Å². The Bertz CT molecular complexity index is 780. The number of nitrogens with zero attached hydrogens (tertiary/aromatic N) is 3. The van der Waals surface area contributed by atoms with Crippen molar-refractivity contribution >= 4 is 34.8 Å². The zero-order chi connectivity index (χ0) is 21.2. The summed E-state index contributed by atoms with van der Waals surface area (Å²) in [7, 11) is 0. The Morgan fingerprint density at radius 2 is 2.07 bits per heavy atom. The highest BCUT2D eigenvalue weighted by molar-refractivity contribution is 6.33. The molecule has 0 bridgehead atoms. The molecule has 1 aliphatic rings. The molecule has 2 N–H and O–H groups in total. The monoisotopic (exact) mass is 425 g/mol. The second kappa shape index (κ2) is 11.4. The summed E-state index contributed by atoms with van der Waals surface area (Å²) in [4.78, 5) is 36.4. The maximum atomic E-state index is 12.1. The minimum atomic E-state index is -0.633. The van der Waals surface area contributed by atoms with Crippen LogP contribution in [0.4, 0.5) is 5.69 Å². The van der Waals surface area contributed by atoms with Gasteiger partial charge < -0.3 is 10.1 Å². The lowest BCUT2D eigenvalue weighted by Crippen LogP contribution is -2.38. The van der Waals surface area contributed by atoms with Crippen LogP contribution in [-0.2, 0) is 9.53 Å². The van der Waals surface area contributed by atoms with Crippen molar-refractivity contribution in [3.8, 4) is 0 Å². The summed E-state index contributed by atoms with van der Waals surface area (Å²) in [5.41, 5.74) is 2.59. The highest BCUT2D eigenvalue weighted by atomic mass is 35.5. The SMILES string of the molecule is C/C(CC(=O)NCCCN1CCOCC1)=N\NC(=O)c1ccc([N+](=O)[O-])c(Cl)c1. The van der Waals surface area contributed by atoms with Crippen LogP contribution in [0.3, 0.4) is 0 Å². The number of hydrogen-bond donors (Lipinski definition) is 2. The summed E-state index contributed by atoms with van der Waals surface area (Å²) in [6, 6.07) is 3.63. The first-order chi connectivity index (χ1) is 13.9. The molecule has 2 amide bonds. The van der Waals surface area contributed by atoms with E-state index in [0.717, 1.165) is 45.3 Å². The molecule has 0 radical (unpaired) electrons. The molecule has 1 aromatic rings.